The van der Waals surface area contributed by atoms with Gasteiger partial charge in [0.25, 0.3) is 0 Å². The summed E-state index contributed by atoms with van der Waals surface area (Å²) in [6.07, 6.45) is 7.24. The van der Waals surface area contributed by atoms with Crippen LogP contribution in [0, 0.1) is 11.3 Å². The molecule has 0 spiro atoms. The Balaban J connectivity index is 1.52. The van der Waals surface area contributed by atoms with Gasteiger partial charge in [0.1, 0.15) is 17.6 Å². The minimum absolute atomic E-state index is 0.480. The fraction of sp³-hybridized carbons (Fsp3) is 0.292. The Kier molecular flexibility index (Phi) is 6.18. The first-order valence-corrected chi connectivity index (χ1v) is 10.3. The largest absolute Gasteiger partial charge is 0.495 e. The Bertz CT molecular complexity index is 1090. The Morgan fingerprint density at radius 2 is 1.65 bits per heavy atom. The number of nitriles is 1. The van der Waals surface area contributed by atoms with Gasteiger partial charge in [-0.15, -0.1) is 0 Å². The maximum atomic E-state index is 9.15. The lowest BCUT2D eigenvalue weighted by Gasteiger charge is -2.29. The summed E-state index contributed by atoms with van der Waals surface area (Å²) >= 11 is 0. The molecule has 1 aromatic heterocycles. The van der Waals surface area contributed by atoms with Crippen LogP contribution in [0.25, 0.3) is 11.1 Å². The third kappa shape index (κ3) is 4.53. The lowest BCUT2D eigenvalue weighted by Crippen LogP contribution is -2.29. The minimum Gasteiger partial charge on any atom is -0.495 e. The number of nitrogens with one attached hydrogen (secondary N) is 1. The van der Waals surface area contributed by atoms with Crippen molar-refractivity contribution in [1.29, 1.82) is 5.26 Å². The van der Waals surface area contributed by atoms with Crippen molar-refractivity contribution in [2.45, 2.75) is 19.3 Å². The van der Waals surface area contributed by atoms with E-state index in [-0.39, 0.29) is 0 Å². The second-order valence-electron chi connectivity index (χ2n) is 7.38. The normalized spacial score (nSPS) is 13.4. The number of hydrogen-bond donors (Lipinski definition) is 1. The number of anilines is 3. The molecule has 158 valence electrons. The molecule has 0 atom stereocenters. The SMILES string of the molecule is COc1cc(-c2cnc(Nc3ccc(N4CCCCC4)cc3OC)nc2)ccc1C#N. The molecule has 0 saturated carbocycles. The highest BCUT2D eigenvalue weighted by Gasteiger charge is 2.14. The molecular weight excluding hydrogens is 390 g/mol. The molecule has 1 aliphatic heterocycles. The number of aromatic nitrogens is 2. The number of piperidine rings is 1. The fourth-order valence-electron chi connectivity index (χ4n) is 3.76. The first-order valence-electron chi connectivity index (χ1n) is 10.3. The molecule has 4 rings (SSSR count). The predicted octanol–water partition coefficient (Wildman–Crippen LogP) is 4.77. The summed E-state index contributed by atoms with van der Waals surface area (Å²) in [5.74, 6) is 1.77. The molecular formula is C24H25N5O2. The summed E-state index contributed by atoms with van der Waals surface area (Å²) in [4.78, 5) is 11.3. The summed E-state index contributed by atoms with van der Waals surface area (Å²) < 4.78 is 10.9. The summed E-state index contributed by atoms with van der Waals surface area (Å²) in [5.41, 5.74) is 4.20. The zero-order chi connectivity index (χ0) is 21.6. The molecule has 1 N–H and O–H groups in total. The number of ether oxygens (including phenoxy) is 2. The van der Waals surface area contributed by atoms with Crippen LogP contribution in [0.4, 0.5) is 17.3 Å². The van der Waals surface area contributed by atoms with Crippen molar-refractivity contribution in [2.75, 3.05) is 37.5 Å². The van der Waals surface area contributed by atoms with Gasteiger partial charge in [-0.05, 0) is 49.1 Å². The van der Waals surface area contributed by atoms with Crippen LogP contribution in [-0.2, 0) is 0 Å². The van der Waals surface area contributed by atoms with Gasteiger partial charge >= 0.3 is 0 Å². The van der Waals surface area contributed by atoms with Gasteiger partial charge in [-0.3, -0.25) is 0 Å². The molecule has 0 amide bonds. The summed E-state index contributed by atoms with van der Waals surface area (Å²) in [7, 11) is 3.22. The van der Waals surface area contributed by atoms with E-state index in [1.54, 1.807) is 32.7 Å². The van der Waals surface area contributed by atoms with Crippen LogP contribution < -0.4 is 19.7 Å². The number of hydrogen-bond acceptors (Lipinski definition) is 7. The minimum atomic E-state index is 0.480. The highest BCUT2D eigenvalue weighted by Crippen LogP contribution is 2.33. The molecule has 2 aromatic carbocycles. The molecule has 0 aliphatic carbocycles. The van der Waals surface area contributed by atoms with Gasteiger partial charge in [0.15, 0.2) is 0 Å². The average molecular weight is 415 g/mol. The molecule has 0 bridgehead atoms. The van der Waals surface area contributed by atoms with E-state index in [1.165, 1.54) is 24.9 Å². The van der Waals surface area contributed by atoms with Gasteiger partial charge in [0, 0.05) is 42.8 Å². The van der Waals surface area contributed by atoms with Gasteiger partial charge in [-0.2, -0.15) is 5.26 Å². The van der Waals surface area contributed by atoms with Crippen LogP contribution in [0.5, 0.6) is 11.5 Å². The fourth-order valence-corrected chi connectivity index (χ4v) is 3.76. The van der Waals surface area contributed by atoms with Gasteiger partial charge in [-0.1, -0.05) is 6.07 Å². The molecule has 7 heteroatoms. The molecule has 0 unspecified atom stereocenters. The molecule has 3 aromatic rings. The van der Waals surface area contributed by atoms with Gasteiger partial charge in [-0.25, -0.2) is 9.97 Å². The van der Waals surface area contributed by atoms with Crippen LogP contribution >= 0.6 is 0 Å². The van der Waals surface area contributed by atoms with E-state index in [9.17, 15) is 0 Å². The van der Waals surface area contributed by atoms with Crippen molar-refractivity contribution in [2.24, 2.45) is 0 Å². The van der Waals surface area contributed by atoms with E-state index in [0.29, 0.717) is 17.3 Å². The van der Waals surface area contributed by atoms with Crippen LogP contribution in [0.1, 0.15) is 24.8 Å². The second kappa shape index (κ2) is 9.35. The van der Waals surface area contributed by atoms with E-state index in [4.69, 9.17) is 14.7 Å². The predicted molar refractivity (Wildman–Crippen MR) is 121 cm³/mol. The van der Waals surface area contributed by atoms with Crippen molar-refractivity contribution in [3.63, 3.8) is 0 Å². The molecule has 2 heterocycles. The van der Waals surface area contributed by atoms with Crippen LogP contribution in [0.2, 0.25) is 0 Å². The highest BCUT2D eigenvalue weighted by molar-refractivity contribution is 5.70. The van der Waals surface area contributed by atoms with Crippen molar-refractivity contribution in [1.82, 2.24) is 9.97 Å². The van der Waals surface area contributed by atoms with Crippen molar-refractivity contribution in [3.8, 4) is 28.7 Å². The summed E-state index contributed by atoms with van der Waals surface area (Å²) in [5, 5.41) is 12.4. The van der Waals surface area contributed by atoms with Crippen LogP contribution in [-0.4, -0.2) is 37.3 Å². The molecule has 1 aliphatic rings. The Labute approximate surface area is 182 Å². The smallest absolute Gasteiger partial charge is 0.227 e. The molecule has 1 fully saturated rings. The Morgan fingerprint density at radius 1 is 0.903 bits per heavy atom. The number of methoxy groups -OCH3 is 2. The molecule has 7 nitrogen and oxygen atoms in total. The monoisotopic (exact) mass is 415 g/mol. The van der Waals surface area contributed by atoms with E-state index in [2.05, 4.69) is 38.4 Å². The van der Waals surface area contributed by atoms with Gasteiger partial charge in [0.2, 0.25) is 5.95 Å². The van der Waals surface area contributed by atoms with Crippen LogP contribution in [0.15, 0.2) is 48.8 Å². The second-order valence-corrected chi connectivity index (χ2v) is 7.38. The van der Waals surface area contributed by atoms with E-state index in [0.717, 1.165) is 35.7 Å². The van der Waals surface area contributed by atoms with Crippen LogP contribution in [0.3, 0.4) is 0 Å². The molecule has 31 heavy (non-hydrogen) atoms. The standard InChI is InChI=1S/C24H25N5O2/c1-30-22-12-17(6-7-18(22)14-25)19-15-26-24(27-16-19)28-21-9-8-20(13-23(21)31-2)29-10-4-3-5-11-29/h6-9,12-13,15-16H,3-5,10-11H2,1-2H3,(H,26,27,28). The third-order valence-corrected chi connectivity index (χ3v) is 5.46. The molecule has 1 saturated heterocycles. The quantitative estimate of drug-likeness (QED) is 0.621. The van der Waals surface area contributed by atoms with E-state index in [1.807, 2.05) is 18.2 Å². The summed E-state index contributed by atoms with van der Waals surface area (Å²) in [6.45, 7) is 2.17. The summed E-state index contributed by atoms with van der Waals surface area (Å²) in [6, 6.07) is 13.7. The van der Waals surface area contributed by atoms with E-state index < -0.39 is 0 Å². The topological polar surface area (TPSA) is 83.3 Å². The van der Waals surface area contributed by atoms with Crippen molar-refractivity contribution in [3.05, 3.63) is 54.4 Å². The first-order chi connectivity index (χ1) is 15.2. The number of benzene rings is 2. The van der Waals surface area contributed by atoms with Gasteiger partial charge in [0.05, 0.1) is 25.5 Å². The van der Waals surface area contributed by atoms with E-state index >= 15 is 0 Å². The zero-order valence-electron chi connectivity index (χ0n) is 17.8. The number of rotatable bonds is 6. The lowest BCUT2D eigenvalue weighted by molar-refractivity contribution is 0.413. The highest BCUT2D eigenvalue weighted by atomic mass is 16.5. The average Bonchev–Trinajstić information content (AvgIpc) is 2.84. The third-order valence-electron chi connectivity index (χ3n) is 5.46. The van der Waals surface area contributed by atoms with Crippen molar-refractivity contribution >= 4 is 17.3 Å². The van der Waals surface area contributed by atoms with Gasteiger partial charge < -0.3 is 19.7 Å². The first kappa shape index (κ1) is 20.5. The lowest BCUT2D eigenvalue weighted by atomic mass is 10.1. The number of nitrogens with zero attached hydrogens (tertiary/aromatic N) is 4. The maximum Gasteiger partial charge on any atom is 0.227 e. The Morgan fingerprint density at radius 3 is 2.32 bits per heavy atom. The maximum absolute atomic E-state index is 9.15. The Hall–Kier alpha value is -3.79. The van der Waals surface area contributed by atoms with Crippen molar-refractivity contribution < 1.29 is 9.47 Å². The molecule has 0 radical (unpaired) electrons. The zero-order valence-corrected chi connectivity index (χ0v) is 17.8.